The maximum absolute atomic E-state index is 14.3. The lowest BCUT2D eigenvalue weighted by molar-refractivity contribution is -0.0261. The molecule has 4 atom stereocenters. The molecule has 7 nitrogen and oxygen atoms in total. The summed E-state index contributed by atoms with van der Waals surface area (Å²) in [6.07, 6.45) is -1.59. The van der Waals surface area contributed by atoms with Crippen LogP contribution in [0.3, 0.4) is 0 Å². The molecule has 2 aromatic heterocycles. The van der Waals surface area contributed by atoms with E-state index in [1.807, 2.05) is 6.92 Å². The number of anilines is 1. The Kier molecular flexibility index (Phi) is 3.68. The number of nitrogens with two attached hydrogens (primary N) is 1. The van der Waals surface area contributed by atoms with E-state index in [0.29, 0.717) is 11.9 Å². The van der Waals surface area contributed by atoms with Crippen LogP contribution in [0.25, 0.3) is 11.2 Å². The van der Waals surface area contributed by atoms with Gasteiger partial charge in [0.05, 0.1) is 12.4 Å². The third-order valence-corrected chi connectivity index (χ3v) is 3.73. The Morgan fingerprint density at radius 2 is 2.29 bits per heavy atom. The zero-order chi connectivity index (χ0) is 15.1. The summed E-state index contributed by atoms with van der Waals surface area (Å²) in [5, 5.41) is 9.87. The Morgan fingerprint density at radius 1 is 1.52 bits per heavy atom. The molecule has 0 radical (unpaired) electrons. The van der Waals surface area contributed by atoms with E-state index < -0.39 is 24.6 Å². The van der Waals surface area contributed by atoms with Gasteiger partial charge in [0.15, 0.2) is 23.9 Å². The lowest BCUT2D eigenvalue weighted by atomic mass is 10.1. The molecule has 1 fully saturated rings. The van der Waals surface area contributed by atoms with E-state index in [0.717, 1.165) is 6.42 Å². The van der Waals surface area contributed by atoms with E-state index in [-0.39, 0.29) is 16.7 Å². The van der Waals surface area contributed by atoms with Gasteiger partial charge in [-0.1, -0.05) is 13.3 Å². The predicted molar refractivity (Wildman–Crippen MR) is 74.5 cm³/mol. The number of nitrogen functional groups attached to an aromatic ring is 1. The number of hydrogen-bond acceptors (Lipinski definition) is 6. The third-order valence-electron chi connectivity index (χ3n) is 3.56. The molecule has 1 aliphatic rings. The molecule has 1 saturated heterocycles. The predicted octanol–water partition coefficient (Wildman–Crippen LogP) is 1.46. The molecule has 3 heterocycles. The smallest absolute Gasteiger partial charge is 0.226 e. The summed E-state index contributed by atoms with van der Waals surface area (Å²) in [5.74, 6) is 0.114. The minimum Gasteiger partial charge on any atom is -0.387 e. The van der Waals surface area contributed by atoms with Gasteiger partial charge in [0.25, 0.3) is 0 Å². The van der Waals surface area contributed by atoms with Gasteiger partial charge in [-0.15, -0.1) is 0 Å². The number of aliphatic hydroxyl groups is 1. The highest BCUT2D eigenvalue weighted by atomic mass is 35.5. The monoisotopic (exact) mass is 315 g/mol. The second-order valence-corrected chi connectivity index (χ2v) is 5.33. The summed E-state index contributed by atoms with van der Waals surface area (Å²) >= 11 is 5.78. The van der Waals surface area contributed by atoms with Gasteiger partial charge in [-0.05, 0) is 18.0 Å². The topological polar surface area (TPSA) is 99.1 Å². The van der Waals surface area contributed by atoms with Gasteiger partial charge in [0.1, 0.15) is 11.6 Å². The van der Waals surface area contributed by atoms with E-state index in [4.69, 9.17) is 22.1 Å². The van der Waals surface area contributed by atoms with Crippen molar-refractivity contribution in [3.63, 3.8) is 0 Å². The molecule has 0 bridgehead atoms. The van der Waals surface area contributed by atoms with Gasteiger partial charge < -0.3 is 15.6 Å². The maximum Gasteiger partial charge on any atom is 0.226 e. The number of aromatic nitrogens is 4. The van der Waals surface area contributed by atoms with E-state index in [1.165, 1.54) is 10.9 Å². The van der Waals surface area contributed by atoms with Gasteiger partial charge in [-0.25, -0.2) is 9.37 Å². The number of rotatable bonds is 3. The molecule has 2 aromatic rings. The van der Waals surface area contributed by atoms with Crippen LogP contribution in [0.4, 0.5) is 10.2 Å². The molecule has 0 aromatic carbocycles. The molecule has 0 saturated carbocycles. The van der Waals surface area contributed by atoms with Crippen LogP contribution < -0.4 is 5.73 Å². The van der Waals surface area contributed by atoms with Crippen molar-refractivity contribution in [3.8, 4) is 0 Å². The van der Waals surface area contributed by atoms with Crippen molar-refractivity contribution in [1.82, 2.24) is 19.5 Å². The summed E-state index contributed by atoms with van der Waals surface area (Å²) < 4.78 is 21.3. The molecular weight excluding hydrogens is 301 g/mol. The average Bonchev–Trinajstić information content (AvgIpc) is 2.96. The highest BCUT2D eigenvalue weighted by molar-refractivity contribution is 6.28. The minimum absolute atomic E-state index is 0.0548. The fourth-order valence-electron chi connectivity index (χ4n) is 2.55. The molecule has 0 spiro atoms. The van der Waals surface area contributed by atoms with Crippen LogP contribution in [-0.2, 0) is 4.74 Å². The molecule has 3 N–H and O–H groups in total. The van der Waals surface area contributed by atoms with Crippen LogP contribution in [0.5, 0.6) is 0 Å². The van der Waals surface area contributed by atoms with E-state index in [2.05, 4.69) is 15.0 Å². The normalized spacial score (nSPS) is 29.3. The largest absolute Gasteiger partial charge is 0.387 e. The highest BCUT2D eigenvalue weighted by Gasteiger charge is 2.45. The Labute approximate surface area is 124 Å². The zero-order valence-electron chi connectivity index (χ0n) is 11.3. The number of ether oxygens (including phenoxy) is 1. The standard InChI is InChI=1S/C12H15ClFN5O2/c1-2-3-5-8(20)6(14)11(21-5)19-4-16-7-9(15)17-12(13)18-10(7)19/h4-6,8,11,20H,2-3H2,1H3,(H2,15,17,18). The molecule has 3 rings (SSSR count). The quantitative estimate of drug-likeness (QED) is 0.832. The first-order chi connectivity index (χ1) is 10.0. The van der Waals surface area contributed by atoms with E-state index in [9.17, 15) is 9.50 Å². The second kappa shape index (κ2) is 5.36. The summed E-state index contributed by atoms with van der Waals surface area (Å²) in [5.41, 5.74) is 6.32. The summed E-state index contributed by atoms with van der Waals surface area (Å²) in [7, 11) is 0. The Bertz CT molecular complexity index is 666. The van der Waals surface area contributed by atoms with Crippen molar-refractivity contribution in [2.45, 2.75) is 44.4 Å². The van der Waals surface area contributed by atoms with Crippen LogP contribution in [0.2, 0.25) is 5.28 Å². The minimum atomic E-state index is -1.58. The lowest BCUT2D eigenvalue weighted by Crippen LogP contribution is -2.28. The average molecular weight is 316 g/mol. The van der Waals surface area contributed by atoms with Crippen LogP contribution in [0.15, 0.2) is 6.33 Å². The number of halogens is 2. The molecule has 114 valence electrons. The first-order valence-corrected chi connectivity index (χ1v) is 7.04. The number of alkyl halides is 1. The molecule has 0 amide bonds. The van der Waals surface area contributed by atoms with Crippen molar-refractivity contribution < 1.29 is 14.2 Å². The third kappa shape index (κ3) is 2.33. The van der Waals surface area contributed by atoms with Crippen molar-refractivity contribution in [2.24, 2.45) is 0 Å². The van der Waals surface area contributed by atoms with Crippen LogP contribution in [0.1, 0.15) is 26.0 Å². The van der Waals surface area contributed by atoms with Crippen molar-refractivity contribution in [1.29, 1.82) is 0 Å². The Morgan fingerprint density at radius 3 is 3.00 bits per heavy atom. The second-order valence-electron chi connectivity index (χ2n) is 4.99. The van der Waals surface area contributed by atoms with Crippen LogP contribution >= 0.6 is 11.6 Å². The van der Waals surface area contributed by atoms with Crippen molar-refractivity contribution in [2.75, 3.05) is 5.73 Å². The maximum atomic E-state index is 14.3. The summed E-state index contributed by atoms with van der Waals surface area (Å²) in [6, 6.07) is 0. The molecule has 9 heteroatoms. The zero-order valence-corrected chi connectivity index (χ0v) is 12.0. The van der Waals surface area contributed by atoms with E-state index in [1.54, 1.807) is 0 Å². The first kappa shape index (κ1) is 14.4. The Hall–Kier alpha value is -1.51. The Balaban J connectivity index is 2.01. The van der Waals surface area contributed by atoms with Crippen LogP contribution in [-0.4, -0.2) is 43.0 Å². The molecule has 21 heavy (non-hydrogen) atoms. The highest BCUT2D eigenvalue weighted by Crippen LogP contribution is 2.35. The number of fused-ring (bicyclic) bond motifs is 1. The van der Waals surface area contributed by atoms with E-state index >= 15 is 0 Å². The molecule has 1 aliphatic heterocycles. The number of aliphatic hydroxyl groups excluding tert-OH is 1. The number of hydrogen-bond donors (Lipinski definition) is 2. The molecular formula is C12H15ClFN5O2. The van der Waals surface area contributed by atoms with Gasteiger partial charge >= 0.3 is 0 Å². The van der Waals surface area contributed by atoms with Gasteiger partial charge in [-0.2, -0.15) is 9.97 Å². The van der Waals surface area contributed by atoms with Crippen molar-refractivity contribution >= 4 is 28.6 Å². The van der Waals surface area contributed by atoms with Gasteiger partial charge in [-0.3, -0.25) is 4.57 Å². The number of nitrogens with zero attached hydrogens (tertiary/aromatic N) is 4. The molecule has 0 aliphatic carbocycles. The SMILES string of the molecule is CCCC1OC(n2cnc3c(N)nc(Cl)nc32)C(F)C1O. The number of imidazole rings is 1. The lowest BCUT2D eigenvalue weighted by Gasteiger charge is -2.15. The fourth-order valence-corrected chi connectivity index (χ4v) is 2.72. The summed E-state index contributed by atoms with van der Waals surface area (Å²) in [6.45, 7) is 1.94. The van der Waals surface area contributed by atoms with Gasteiger partial charge in [0.2, 0.25) is 5.28 Å². The van der Waals surface area contributed by atoms with Crippen molar-refractivity contribution in [3.05, 3.63) is 11.6 Å². The van der Waals surface area contributed by atoms with Crippen LogP contribution in [0, 0.1) is 0 Å². The summed E-state index contributed by atoms with van der Waals surface area (Å²) in [4.78, 5) is 11.9. The van der Waals surface area contributed by atoms with Gasteiger partial charge in [0, 0.05) is 0 Å². The first-order valence-electron chi connectivity index (χ1n) is 6.66. The molecule has 4 unspecified atom stereocenters. The fraction of sp³-hybridized carbons (Fsp3) is 0.583.